The van der Waals surface area contributed by atoms with E-state index in [1.54, 1.807) is 47.6 Å². The first kappa shape index (κ1) is 24.7. The Bertz CT molecular complexity index is 1170. The molecule has 1 fully saturated rings. The molecule has 2 heterocycles. The third kappa shape index (κ3) is 6.00. The number of carbonyl (C=O) groups excluding carboxylic acids is 1. The van der Waals surface area contributed by atoms with Crippen LogP contribution >= 0.6 is 0 Å². The number of amides is 2. The van der Waals surface area contributed by atoms with Crippen LogP contribution < -0.4 is 5.32 Å². The van der Waals surface area contributed by atoms with Crippen molar-refractivity contribution in [3.05, 3.63) is 78.1 Å². The number of nitrogens with one attached hydrogen (secondary N) is 1. The smallest absolute Gasteiger partial charge is 0.370 e. The van der Waals surface area contributed by atoms with Gasteiger partial charge in [0.25, 0.3) is 0 Å². The highest BCUT2D eigenvalue weighted by Gasteiger charge is 2.37. The number of urea groups is 1. The fourth-order valence-corrected chi connectivity index (χ4v) is 4.00. The van der Waals surface area contributed by atoms with Crippen molar-refractivity contribution in [3.63, 3.8) is 0 Å². The summed E-state index contributed by atoms with van der Waals surface area (Å²) >= 11 is 0. The summed E-state index contributed by atoms with van der Waals surface area (Å²) in [6.45, 7) is 6.17. The Kier molecular flexibility index (Phi) is 6.85. The largest absolute Gasteiger partial charge is 0.417 e. The standard InChI is InChI=1S/C27H28F3N3O2/c1-26(2,3)32-25(34)33-15-22(16-33)35-17-21-5-4-6-23(24(21)27(28,29)30)20-9-7-18(8-10-20)19-11-13-31-14-12-19/h4-14,22H,15-17H2,1-3H3,(H,32,34). The van der Waals surface area contributed by atoms with Gasteiger partial charge in [-0.1, -0.05) is 42.5 Å². The maximum absolute atomic E-state index is 14.2. The van der Waals surface area contributed by atoms with Crippen LogP contribution in [0.1, 0.15) is 31.9 Å². The first-order chi connectivity index (χ1) is 16.5. The molecule has 3 aromatic rings. The molecule has 8 heteroatoms. The Balaban J connectivity index is 1.49. The molecule has 4 rings (SSSR count). The Morgan fingerprint density at radius 3 is 2.17 bits per heavy atom. The predicted molar refractivity (Wildman–Crippen MR) is 129 cm³/mol. The van der Waals surface area contributed by atoms with Crippen LogP contribution in [-0.2, 0) is 17.5 Å². The van der Waals surface area contributed by atoms with E-state index in [0.29, 0.717) is 18.7 Å². The van der Waals surface area contributed by atoms with E-state index in [1.807, 2.05) is 32.9 Å². The molecule has 0 radical (unpaired) electrons. The summed E-state index contributed by atoms with van der Waals surface area (Å²) in [5.41, 5.74) is 1.45. The third-order valence-electron chi connectivity index (χ3n) is 5.74. The zero-order valence-electron chi connectivity index (χ0n) is 19.9. The normalized spacial score (nSPS) is 14.5. The predicted octanol–water partition coefficient (Wildman–Crippen LogP) is 6.14. The van der Waals surface area contributed by atoms with E-state index in [2.05, 4.69) is 10.3 Å². The fourth-order valence-electron chi connectivity index (χ4n) is 4.00. The number of carbonyl (C=O) groups is 1. The molecule has 2 amide bonds. The number of benzene rings is 2. The van der Waals surface area contributed by atoms with Gasteiger partial charge in [0.1, 0.15) is 0 Å². The molecule has 184 valence electrons. The van der Waals surface area contributed by atoms with E-state index in [-0.39, 0.29) is 35.4 Å². The zero-order valence-corrected chi connectivity index (χ0v) is 19.9. The minimum atomic E-state index is -4.54. The second kappa shape index (κ2) is 9.70. The number of rotatable bonds is 5. The minimum absolute atomic E-state index is 0.0748. The highest BCUT2D eigenvalue weighted by atomic mass is 19.4. The van der Waals surface area contributed by atoms with Crippen LogP contribution in [-0.4, -0.2) is 40.6 Å². The zero-order chi connectivity index (χ0) is 25.2. The molecule has 35 heavy (non-hydrogen) atoms. The molecule has 0 aliphatic carbocycles. The van der Waals surface area contributed by atoms with Crippen molar-refractivity contribution in [3.8, 4) is 22.3 Å². The molecule has 0 atom stereocenters. The van der Waals surface area contributed by atoms with Crippen molar-refractivity contribution < 1.29 is 22.7 Å². The molecule has 0 unspecified atom stereocenters. The van der Waals surface area contributed by atoms with Gasteiger partial charge in [0, 0.05) is 17.9 Å². The first-order valence-corrected chi connectivity index (χ1v) is 11.4. The van der Waals surface area contributed by atoms with Crippen LogP contribution in [0, 0.1) is 0 Å². The summed E-state index contributed by atoms with van der Waals surface area (Å²) in [6, 6.07) is 15.0. The maximum atomic E-state index is 14.2. The molecule has 2 aromatic carbocycles. The number of halogens is 3. The number of aromatic nitrogens is 1. The van der Waals surface area contributed by atoms with Crippen molar-refractivity contribution in [1.29, 1.82) is 0 Å². The molecule has 0 saturated carbocycles. The number of hydrogen-bond donors (Lipinski definition) is 1. The second-order valence-corrected chi connectivity index (χ2v) is 9.67. The summed E-state index contributed by atoms with van der Waals surface area (Å²) in [5.74, 6) is 0. The number of likely N-dealkylation sites (tertiary alicyclic amines) is 1. The Morgan fingerprint density at radius 1 is 0.971 bits per heavy atom. The topological polar surface area (TPSA) is 54.5 Å². The summed E-state index contributed by atoms with van der Waals surface area (Å²) in [5, 5.41) is 2.86. The minimum Gasteiger partial charge on any atom is -0.370 e. The van der Waals surface area contributed by atoms with Crippen LogP contribution in [0.3, 0.4) is 0 Å². The molecular weight excluding hydrogens is 455 g/mol. The van der Waals surface area contributed by atoms with Gasteiger partial charge >= 0.3 is 12.2 Å². The Hall–Kier alpha value is -3.39. The van der Waals surface area contributed by atoms with Gasteiger partial charge in [-0.15, -0.1) is 0 Å². The average molecular weight is 484 g/mol. The van der Waals surface area contributed by atoms with Crippen molar-refractivity contribution in [2.75, 3.05) is 13.1 Å². The number of nitrogens with zero attached hydrogens (tertiary/aromatic N) is 2. The molecule has 1 aliphatic heterocycles. The van der Waals surface area contributed by atoms with Gasteiger partial charge in [-0.2, -0.15) is 13.2 Å². The number of alkyl halides is 3. The highest BCUT2D eigenvalue weighted by Crippen LogP contribution is 2.40. The second-order valence-electron chi connectivity index (χ2n) is 9.67. The quantitative estimate of drug-likeness (QED) is 0.474. The Labute approximate surface area is 202 Å². The van der Waals surface area contributed by atoms with E-state index in [0.717, 1.165) is 11.1 Å². The number of ether oxygens (including phenoxy) is 1. The molecule has 5 nitrogen and oxygen atoms in total. The molecule has 1 saturated heterocycles. The lowest BCUT2D eigenvalue weighted by Gasteiger charge is -2.40. The molecule has 0 spiro atoms. The van der Waals surface area contributed by atoms with Crippen molar-refractivity contribution in [1.82, 2.24) is 15.2 Å². The Morgan fingerprint density at radius 2 is 1.57 bits per heavy atom. The average Bonchev–Trinajstić information content (AvgIpc) is 2.76. The third-order valence-corrected chi connectivity index (χ3v) is 5.74. The van der Waals surface area contributed by atoms with Gasteiger partial charge in [-0.25, -0.2) is 4.79 Å². The summed E-state index contributed by atoms with van der Waals surface area (Å²) in [4.78, 5) is 17.7. The maximum Gasteiger partial charge on any atom is 0.417 e. The highest BCUT2D eigenvalue weighted by molar-refractivity contribution is 5.76. The van der Waals surface area contributed by atoms with Gasteiger partial charge in [0.05, 0.1) is 31.4 Å². The van der Waals surface area contributed by atoms with E-state index in [9.17, 15) is 18.0 Å². The molecular formula is C27H28F3N3O2. The lowest BCUT2D eigenvalue weighted by molar-refractivity contribution is -0.139. The van der Waals surface area contributed by atoms with Gasteiger partial charge in [-0.3, -0.25) is 4.98 Å². The van der Waals surface area contributed by atoms with Crippen LogP contribution in [0.5, 0.6) is 0 Å². The number of hydrogen-bond acceptors (Lipinski definition) is 3. The van der Waals surface area contributed by atoms with Gasteiger partial charge in [-0.05, 0) is 60.7 Å². The lowest BCUT2D eigenvalue weighted by Crippen LogP contribution is -2.60. The van der Waals surface area contributed by atoms with E-state index in [4.69, 9.17) is 4.74 Å². The van der Waals surface area contributed by atoms with Crippen molar-refractivity contribution in [2.24, 2.45) is 0 Å². The summed E-state index contributed by atoms with van der Waals surface area (Å²) in [7, 11) is 0. The summed E-state index contributed by atoms with van der Waals surface area (Å²) < 4.78 is 48.2. The van der Waals surface area contributed by atoms with E-state index in [1.165, 1.54) is 12.1 Å². The molecule has 1 aromatic heterocycles. The monoisotopic (exact) mass is 483 g/mol. The van der Waals surface area contributed by atoms with Gasteiger partial charge in [0.2, 0.25) is 0 Å². The number of pyridine rings is 1. The van der Waals surface area contributed by atoms with Gasteiger partial charge < -0.3 is 15.0 Å². The fraction of sp³-hybridized carbons (Fsp3) is 0.333. The van der Waals surface area contributed by atoms with E-state index >= 15 is 0 Å². The van der Waals surface area contributed by atoms with Crippen LogP contribution in [0.25, 0.3) is 22.3 Å². The molecule has 0 bridgehead atoms. The van der Waals surface area contributed by atoms with Crippen LogP contribution in [0.4, 0.5) is 18.0 Å². The first-order valence-electron chi connectivity index (χ1n) is 11.4. The SMILES string of the molecule is CC(C)(C)NC(=O)N1CC(OCc2cccc(-c3ccc(-c4ccncc4)cc3)c2C(F)(F)F)C1. The van der Waals surface area contributed by atoms with Crippen LogP contribution in [0.2, 0.25) is 0 Å². The molecule has 1 N–H and O–H groups in total. The van der Waals surface area contributed by atoms with Crippen molar-refractivity contribution >= 4 is 6.03 Å². The molecule has 1 aliphatic rings. The van der Waals surface area contributed by atoms with Crippen LogP contribution in [0.15, 0.2) is 67.0 Å². The van der Waals surface area contributed by atoms with Crippen molar-refractivity contribution in [2.45, 2.75) is 45.2 Å². The van der Waals surface area contributed by atoms with E-state index < -0.39 is 11.7 Å². The van der Waals surface area contributed by atoms with Gasteiger partial charge in [0.15, 0.2) is 0 Å². The summed E-state index contributed by atoms with van der Waals surface area (Å²) in [6.07, 6.45) is -1.50. The lowest BCUT2D eigenvalue weighted by atomic mass is 9.94.